The van der Waals surface area contributed by atoms with Gasteiger partial charge in [0.25, 0.3) is 0 Å². The number of nitrogens with zero attached hydrogens (tertiary/aromatic N) is 4. The maximum atomic E-state index is 13.4. The maximum absolute atomic E-state index is 13.4. The fraction of sp³-hybridized carbons (Fsp3) is 0.208. The molecule has 0 aliphatic carbocycles. The smallest absolute Gasteiger partial charge is 0.408 e. The number of benzene rings is 2. The molecule has 6 rings (SSSR count). The number of aromatic nitrogens is 3. The van der Waals surface area contributed by atoms with Crippen LogP contribution in [0.15, 0.2) is 58.4 Å². The van der Waals surface area contributed by atoms with Gasteiger partial charge in [0.05, 0.1) is 11.2 Å². The van der Waals surface area contributed by atoms with E-state index in [0.29, 0.717) is 29.6 Å². The molecule has 4 heterocycles. The Kier molecular flexibility index (Phi) is 4.70. The van der Waals surface area contributed by atoms with Gasteiger partial charge in [0.2, 0.25) is 5.95 Å². The second-order valence-corrected chi connectivity index (χ2v) is 8.58. The molecule has 8 nitrogen and oxygen atoms in total. The third-order valence-electron chi connectivity index (χ3n) is 6.31. The Morgan fingerprint density at radius 3 is 2.74 bits per heavy atom. The van der Waals surface area contributed by atoms with E-state index in [2.05, 4.69) is 36.6 Å². The van der Waals surface area contributed by atoms with Gasteiger partial charge >= 0.3 is 5.76 Å². The lowest BCUT2D eigenvalue weighted by Crippen LogP contribution is -2.56. The molecule has 0 amide bonds. The summed E-state index contributed by atoms with van der Waals surface area (Å²) in [6.45, 7) is 7.29. The number of H-pyrrole nitrogens is 1. The first kappa shape index (κ1) is 20.5. The molecule has 2 aromatic heterocycles. The number of fused-ring (bicyclic) bond motifs is 2. The van der Waals surface area contributed by atoms with Crippen molar-refractivity contribution in [3.63, 3.8) is 0 Å². The van der Waals surface area contributed by atoms with Crippen LogP contribution in [0, 0.1) is 11.6 Å². The lowest BCUT2D eigenvalue weighted by molar-refractivity contribution is 0.0712. The summed E-state index contributed by atoms with van der Waals surface area (Å²) in [4.78, 5) is 27.4. The van der Waals surface area contributed by atoms with Crippen LogP contribution in [-0.4, -0.2) is 43.9 Å². The van der Waals surface area contributed by atoms with Crippen LogP contribution in [0.2, 0.25) is 0 Å². The Morgan fingerprint density at radius 1 is 1.15 bits per heavy atom. The average Bonchev–Trinajstić information content (AvgIpc) is 3.33. The second kappa shape index (κ2) is 7.77. The Bertz CT molecular complexity index is 1470. The molecule has 0 atom stereocenters. The third-order valence-corrected chi connectivity index (χ3v) is 6.31. The number of hydrogen-bond donors (Lipinski definition) is 2. The first-order valence-corrected chi connectivity index (χ1v) is 10.8. The van der Waals surface area contributed by atoms with Crippen LogP contribution in [-0.2, 0) is 13.1 Å². The molecule has 2 N–H and O–H groups in total. The average molecular weight is 462 g/mol. The molecular weight excluding hydrogens is 442 g/mol. The van der Waals surface area contributed by atoms with Crippen molar-refractivity contribution in [2.24, 2.45) is 0 Å². The molecular formula is C24H20F2N6O2. The predicted octanol–water partition coefficient (Wildman–Crippen LogP) is 3.60. The standard InChI is InChI=1S/C24H20F2N6O2/c1-13(14-2-3-20-22(4-14)34-24(33)30-20)31-10-19(11-31)32-9-15-8-27-23(29-21(15)12-32)28-18-6-16(25)5-17(26)7-18/h2-8,19H,1,9-12H2,(H,30,33)(H,27,28,29). The van der Waals surface area contributed by atoms with Gasteiger partial charge in [-0.15, -0.1) is 0 Å². The molecule has 0 unspecified atom stereocenters. The Labute approximate surface area is 192 Å². The molecule has 1 fully saturated rings. The number of likely N-dealkylation sites (tertiary alicyclic amines) is 1. The van der Waals surface area contributed by atoms with Gasteiger partial charge in [0.15, 0.2) is 5.58 Å². The molecule has 0 bridgehead atoms. The lowest BCUT2D eigenvalue weighted by Gasteiger charge is -2.46. The minimum absolute atomic E-state index is 0.262. The van der Waals surface area contributed by atoms with E-state index < -0.39 is 17.4 Å². The van der Waals surface area contributed by atoms with E-state index in [1.807, 2.05) is 18.2 Å². The van der Waals surface area contributed by atoms with E-state index in [1.165, 1.54) is 12.1 Å². The fourth-order valence-electron chi connectivity index (χ4n) is 4.47. The Hall–Kier alpha value is -4.05. The number of aromatic amines is 1. The van der Waals surface area contributed by atoms with E-state index in [4.69, 9.17) is 4.42 Å². The van der Waals surface area contributed by atoms with Crippen molar-refractivity contribution in [2.75, 3.05) is 18.4 Å². The van der Waals surface area contributed by atoms with Gasteiger partial charge in [-0.3, -0.25) is 9.88 Å². The largest absolute Gasteiger partial charge is 0.417 e. The molecule has 2 aromatic carbocycles. The summed E-state index contributed by atoms with van der Waals surface area (Å²) < 4.78 is 32.0. The van der Waals surface area contributed by atoms with Gasteiger partial charge in [-0.25, -0.2) is 23.5 Å². The monoisotopic (exact) mass is 462 g/mol. The molecule has 2 aliphatic rings. The van der Waals surface area contributed by atoms with Crippen LogP contribution >= 0.6 is 0 Å². The summed E-state index contributed by atoms with van der Waals surface area (Å²) >= 11 is 0. The zero-order valence-corrected chi connectivity index (χ0v) is 18.0. The highest BCUT2D eigenvalue weighted by Gasteiger charge is 2.36. The van der Waals surface area contributed by atoms with Crippen LogP contribution in [0.3, 0.4) is 0 Å². The van der Waals surface area contributed by atoms with E-state index in [-0.39, 0.29) is 5.69 Å². The summed E-state index contributed by atoms with van der Waals surface area (Å²) in [6, 6.07) is 9.12. The Morgan fingerprint density at radius 2 is 1.94 bits per heavy atom. The highest BCUT2D eigenvalue weighted by atomic mass is 19.1. The summed E-state index contributed by atoms with van der Waals surface area (Å²) in [5.74, 6) is -1.49. The highest BCUT2D eigenvalue weighted by molar-refractivity contribution is 5.78. The van der Waals surface area contributed by atoms with Gasteiger partial charge in [-0.1, -0.05) is 12.6 Å². The molecule has 0 saturated carbocycles. The van der Waals surface area contributed by atoms with Crippen molar-refractivity contribution in [2.45, 2.75) is 19.1 Å². The van der Waals surface area contributed by atoms with Gasteiger partial charge in [-0.2, -0.15) is 0 Å². The molecule has 10 heteroatoms. The highest BCUT2D eigenvalue weighted by Crippen LogP contribution is 2.32. The quantitative estimate of drug-likeness (QED) is 0.468. The first-order valence-electron chi connectivity index (χ1n) is 10.8. The zero-order valence-electron chi connectivity index (χ0n) is 18.0. The van der Waals surface area contributed by atoms with Gasteiger partial charge < -0.3 is 14.6 Å². The van der Waals surface area contributed by atoms with Crippen LogP contribution in [0.1, 0.15) is 16.8 Å². The van der Waals surface area contributed by atoms with Crippen molar-refractivity contribution in [1.29, 1.82) is 0 Å². The minimum Gasteiger partial charge on any atom is -0.408 e. The topological polar surface area (TPSA) is 90.3 Å². The van der Waals surface area contributed by atoms with E-state index in [0.717, 1.165) is 48.2 Å². The second-order valence-electron chi connectivity index (χ2n) is 8.58. The third kappa shape index (κ3) is 3.71. The molecule has 172 valence electrons. The number of anilines is 2. The van der Waals surface area contributed by atoms with E-state index in [1.54, 1.807) is 6.20 Å². The molecule has 1 saturated heterocycles. The predicted molar refractivity (Wildman–Crippen MR) is 122 cm³/mol. The number of oxazole rings is 1. The normalized spacial score (nSPS) is 16.0. The molecule has 0 radical (unpaired) electrons. The molecule has 0 spiro atoms. The first-order chi connectivity index (χ1) is 16.4. The molecule has 34 heavy (non-hydrogen) atoms. The van der Waals surface area contributed by atoms with Crippen molar-refractivity contribution in [1.82, 2.24) is 24.8 Å². The van der Waals surface area contributed by atoms with E-state index in [9.17, 15) is 13.6 Å². The minimum atomic E-state index is -0.663. The molecule has 2 aliphatic heterocycles. The van der Waals surface area contributed by atoms with Gasteiger partial charge in [0, 0.05) is 67.0 Å². The van der Waals surface area contributed by atoms with Crippen molar-refractivity contribution < 1.29 is 13.2 Å². The van der Waals surface area contributed by atoms with Gasteiger partial charge in [0.1, 0.15) is 11.6 Å². The van der Waals surface area contributed by atoms with Gasteiger partial charge in [-0.05, 0) is 24.3 Å². The fourth-order valence-corrected chi connectivity index (χ4v) is 4.47. The maximum Gasteiger partial charge on any atom is 0.417 e. The van der Waals surface area contributed by atoms with Crippen LogP contribution in [0.4, 0.5) is 20.4 Å². The van der Waals surface area contributed by atoms with Crippen molar-refractivity contribution >= 4 is 28.4 Å². The summed E-state index contributed by atoms with van der Waals surface area (Å²) in [5.41, 5.74) is 5.18. The Balaban J connectivity index is 1.09. The summed E-state index contributed by atoms with van der Waals surface area (Å²) in [7, 11) is 0. The number of halogens is 2. The van der Waals surface area contributed by atoms with Crippen molar-refractivity contribution in [3.05, 3.63) is 88.2 Å². The zero-order chi connectivity index (χ0) is 23.4. The van der Waals surface area contributed by atoms with Crippen LogP contribution < -0.4 is 11.1 Å². The number of rotatable bonds is 5. The van der Waals surface area contributed by atoms with Crippen LogP contribution in [0.25, 0.3) is 16.8 Å². The summed E-state index contributed by atoms with van der Waals surface area (Å²) in [6.07, 6.45) is 1.76. The number of nitrogens with one attached hydrogen (secondary N) is 2. The number of hydrogen-bond acceptors (Lipinski definition) is 7. The van der Waals surface area contributed by atoms with Crippen LogP contribution in [0.5, 0.6) is 0 Å². The SMILES string of the molecule is C=C(c1ccc2[nH]c(=O)oc2c1)N1CC(N2Cc3cnc(Nc4cc(F)cc(F)c4)nc3C2)C1. The molecule has 4 aromatic rings. The summed E-state index contributed by atoms with van der Waals surface area (Å²) in [5, 5.41) is 2.87. The van der Waals surface area contributed by atoms with Crippen molar-refractivity contribution in [3.8, 4) is 0 Å². The van der Waals surface area contributed by atoms with E-state index >= 15 is 0 Å². The lowest BCUT2D eigenvalue weighted by atomic mass is 10.0.